The zero-order valence-electron chi connectivity index (χ0n) is 19.5. The quantitative estimate of drug-likeness (QED) is 0.248. The Morgan fingerprint density at radius 1 is 0.562 bits per heavy atom. The van der Waals surface area contributed by atoms with Crippen molar-refractivity contribution in [3.05, 3.63) is 24.3 Å². The van der Waals surface area contributed by atoms with Gasteiger partial charge in [-0.25, -0.2) is 9.59 Å². The monoisotopic (exact) mass is 442 g/mol. The van der Waals surface area contributed by atoms with Crippen LogP contribution in [0, 0.1) is 23.7 Å². The molecule has 4 amide bonds. The van der Waals surface area contributed by atoms with Gasteiger partial charge in [0.25, 0.3) is 0 Å². The summed E-state index contributed by atoms with van der Waals surface area (Å²) in [6, 6.07) is 0.694. The standard InChI is InChI=1S/C26H42N4O2/c31-25(29-23-17-19-9-11-21(23)15-19)27-13-7-5-3-1-2-4-6-8-14-28-26(32)30-24-18-20-10-12-22(24)16-20/h9-12,19-24H,1-8,13-18H2,(H2,27,29,31)(H2,28,30,32). The average molecular weight is 443 g/mol. The van der Waals surface area contributed by atoms with E-state index in [1.807, 2.05) is 0 Å². The first-order valence-electron chi connectivity index (χ1n) is 13.1. The lowest BCUT2D eigenvalue weighted by atomic mass is 10.0. The molecular formula is C26H42N4O2. The number of unbranched alkanes of at least 4 members (excludes halogenated alkanes) is 7. The number of allylic oxidation sites excluding steroid dienone is 2. The molecule has 0 aliphatic heterocycles. The Kier molecular flexibility index (Phi) is 8.52. The van der Waals surface area contributed by atoms with Crippen LogP contribution in [0.4, 0.5) is 9.59 Å². The molecule has 4 aliphatic carbocycles. The van der Waals surface area contributed by atoms with Gasteiger partial charge in [0.05, 0.1) is 0 Å². The fourth-order valence-electron chi connectivity index (χ4n) is 6.05. The predicted octanol–water partition coefficient (Wildman–Crippen LogP) is 4.63. The van der Waals surface area contributed by atoms with Crippen LogP contribution >= 0.6 is 0 Å². The summed E-state index contributed by atoms with van der Waals surface area (Å²) >= 11 is 0. The Morgan fingerprint density at radius 3 is 1.31 bits per heavy atom. The Hall–Kier alpha value is -1.98. The maximum atomic E-state index is 12.0. The van der Waals surface area contributed by atoms with Crippen molar-refractivity contribution >= 4 is 12.1 Å². The van der Waals surface area contributed by atoms with Gasteiger partial charge in [0.2, 0.25) is 0 Å². The van der Waals surface area contributed by atoms with Gasteiger partial charge in [-0.3, -0.25) is 0 Å². The number of carbonyl (C=O) groups is 2. The van der Waals surface area contributed by atoms with E-state index in [4.69, 9.17) is 0 Å². The van der Waals surface area contributed by atoms with Crippen LogP contribution in [-0.2, 0) is 0 Å². The van der Waals surface area contributed by atoms with E-state index in [9.17, 15) is 9.59 Å². The molecule has 0 radical (unpaired) electrons. The fourth-order valence-corrected chi connectivity index (χ4v) is 6.05. The van der Waals surface area contributed by atoms with E-state index < -0.39 is 0 Å². The van der Waals surface area contributed by atoms with Crippen molar-refractivity contribution in [1.82, 2.24) is 21.3 Å². The molecule has 0 saturated heterocycles. The highest BCUT2D eigenvalue weighted by molar-refractivity contribution is 5.74. The summed E-state index contributed by atoms with van der Waals surface area (Å²) < 4.78 is 0. The third-order valence-corrected chi connectivity index (χ3v) is 7.87. The van der Waals surface area contributed by atoms with E-state index in [-0.39, 0.29) is 12.1 Å². The Labute approximate surface area is 193 Å². The van der Waals surface area contributed by atoms with Gasteiger partial charge in [-0.05, 0) is 62.2 Å². The van der Waals surface area contributed by atoms with E-state index >= 15 is 0 Å². The molecule has 32 heavy (non-hydrogen) atoms. The molecule has 178 valence electrons. The van der Waals surface area contributed by atoms with Crippen molar-refractivity contribution in [3.8, 4) is 0 Å². The molecule has 0 heterocycles. The lowest BCUT2D eigenvalue weighted by Crippen LogP contribution is -2.44. The first-order chi connectivity index (χ1) is 15.7. The van der Waals surface area contributed by atoms with Crippen LogP contribution in [-0.4, -0.2) is 37.2 Å². The molecule has 6 heteroatoms. The minimum atomic E-state index is 0.00514. The minimum absolute atomic E-state index is 0.00514. The zero-order valence-corrected chi connectivity index (χ0v) is 19.5. The number of fused-ring (bicyclic) bond motifs is 4. The molecule has 4 rings (SSSR count). The lowest BCUT2D eigenvalue weighted by molar-refractivity contribution is 0.233. The maximum Gasteiger partial charge on any atom is 0.315 e. The summed E-state index contributed by atoms with van der Waals surface area (Å²) in [6.45, 7) is 1.55. The third-order valence-electron chi connectivity index (χ3n) is 7.87. The summed E-state index contributed by atoms with van der Waals surface area (Å²) in [4.78, 5) is 24.0. The molecule has 4 aliphatic rings. The molecule has 6 nitrogen and oxygen atoms in total. The fraction of sp³-hybridized carbons (Fsp3) is 0.769. The van der Waals surface area contributed by atoms with Crippen LogP contribution in [0.2, 0.25) is 0 Å². The summed E-state index contributed by atoms with van der Waals surface area (Å²) in [5, 5.41) is 12.3. The van der Waals surface area contributed by atoms with E-state index in [1.54, 1.807) is 0 Å². The van der Waals surface area contributed by atoms with E-state index in [0.29, 0.717) is 35.8 Å². The average Bonchev–Trinajstić information content (AvgIpc) is 3.56. The number of hydrogen-bond acceptors (Lipinski definition) is 2. The molecule has 2 saturated carbocycles. The highest BCUT2D eigenvalue weighted by Crippen LogP contribution is 2.39. The number of carbonyl (C=O) groups excluding carboxylic acids is 2. The summed E-state index contributed by atoms with van der Waals surface area (Å²) in [5.41, 5.74) is 0. The molecule has 4 N–H and O–H groups in total. The topological polar surface area (TPSA) is 82.3 Å². The van der Waals surface area contributed by atoms with Crippen molar-refractivity contribution in [2.24, 2.45) is 23.7 Å². The van der Waals surface area contributed by atoms with E-state index in [1.165, 1.54) is 51.4 Å². The van der Waals surface area contributed by atoms with Crippen LogP contribution in [0.25, 0.3) is 0 Å². The van der Waals surface area contributed by atoms with Gasteiger partial charge < -0.3 is 21.3 Å². The largest absolute Gasteiger partial charge is 0.338 e. The van der Waals surface area contributed by atoms with Crippen molar-refractivity contribution in [2.75, 3.05) is 13.1 Å². The van der Waals surface area contributed by atoms with Crippen LogP contribution in [0.1, 0.15) is 77.0 Å². The van der Waals surface area contributed by atoms with Crippen molar-refractivity contribution < 1.29 is 9.59 Å². The molecule has 0 aromatic heterocycles. The van der Waals surface area contributed by atoms with E-state index in [2.05, 4.69) is 45.6 Å². The molecule has 6 atom stereocenters. The summed E-state index contributed by atoms with van der Waals surface area (Å²) in [6.07, 6.45) is 23.2. The highest BCUT2D eigenvalue weighted by Gasteiger charge is 2.37. The van der Waals surface area contributed by atoms with E-state index in [0.717, 1.165) is 38.8 Å². The molecule has 4 bridgehead atoms. The molecule has 0 spiro atoms. The second-order valence-electron chi connectivity index (χ2n) is 10.4. The number of urea groups is 2. The van der Waals surface area contributed by atoms with Crippen molar-refractivity contribution in [3.63, 3.8) is 0 Å². The number of amides is 4. The maximum absolute atomic E-state index is 12.0. The molecule has 0 aromatic carbocycles. The second-order valence-corrected chi connectivity index (χ2v) is 10.4. The summed E-state index contributed by atoms with van der Waals surface area (Å²) in [5.74, 6) is 2.50. The first-order valence-corrected chi connectivity index (χ1v) is 13.1. The molecule has 6 unspecified atom stereocenters. The number of nitrogens with one attached hydrogen (secondary N) is 4. The van der Waals surface area contributed by atoms with Gasteiger partial charge in [0.1, 0.15) is 0 Å². The second kappa shape index (κ2) is 11.8. The van der Waals surface area contributed by atoms with Crippen LogP contribution in [0.5, 0.6) is 0 Å². The SMILES string of the molecule is O=C(NCCCCCCCCCCNC(=O)NC1CC2C=CC1C2)NC1CC2C=CC1C2. The van der Waals surface area contributed by atoms with Gasteiger partial charge in [-0.1, -0.05) is 62.8 Å². The van der Waals surface area contributed by atoms with Crippen LogP contribution < -0.4 is 21.3 Å². The normalized spacial score (nSPS) is 31.2. The predicted molar refractivity (Wildman–Crippen MR) is 128 cm³/mol. The first kappa shape index (κ1) is 23.2. The molecule has 2 fully saturated rings. The highest BCUT2D eigenvalue weighted by atomic mass is 16.2. The molecule has 0 aromatic rings. The van der Waals surface area contributed by atoms with Crippen LogP contribution in [0.15, 0.2) is 24.3 Å². The zero-order chi connectivity index (χ0) is 22.2. The van der Waals surface area contributed by atoms with Gasteiger partial charge in [0, 0.05) is 25.2 Å². The number of rotatable bonds is 13. The molecular weight excluding hydrogens is 400 g/mol. The van der Waals surface area contributed by atoms with Gasteiger partial charge in [-0.15, -0.1) is 0 Å². The van der Waals surface area contributed by atoms with Gasteiger partial charge in [0.15, 0.2) is 0 Å². The minimum Gasteiger partial charge on any atom is -0.338 e. The summed E-state index contributed by atoms with van der Waals surface area (Å²) in [7, 11) is 0. The lowest BCUT2D eigenvalue weighted by Gasteiger charge is -2.20. The van der Waals surface area contributed by atoms with Crippen molar-refractivity contribution in [1.29, 1.82) is 0 Å². The van der Waals surface area contributed by atoms with Crippen LogP contribution in [0.3, 0.4) is 0 Å². The van der Waals surface area contributed by atoms with Gasteiger partial charge in [-0.2, -0.15) is 0 Å². The third kappa shape index (κ3) is 6.76. The van der Waals surface area contributed by atoms with Crippen molar-refractivity contribution in [2.45, 2.75) is 89.1 Å². The Morgan fingerprint density at radius 2 is 0.969 bits per heavy atom. The Balaban J connectivity index is 0.887. The number of hydrogen-bond donors (Lipinski definition) is 4. The van der Waals surface area contributed by atoms with Gasteiger partial charge >= 0.3 is 12.1 Å². The Bertz CT molecular complexity index is 633. The smallest absolute Gasteiger partial charge is 0.315 e.